The lowest BCUT2D eigenvalue weighted by Crippen LogP contribution is -2.44. The van der Waals surface area contributed by atoms with Gasteiger partial charge in [-0.2, -0.15) is 0 Å². The van der Waals surface area contributed by atoms with Gasteiger partial charge in [0.25, 0.3) is 0 Å². The molecule has 2 aliphatic heterocycles. The number of carbonyl (C=O) groups is 2. The molecule has 2 rings (SSSR count). The van der Waals surface area contributed by atoms with E-state index in [1.54, 1.807) is 0 Å². The van der Waals surface area contributed by atoms with Crippen LogP contribution in [0.15, 0.2) is 0 Å². The van der Waals surface area contributed by atoms with E-state index in [0.717, 1.165) is 38.9 Å². The minimum atomic E-state index is -0.0947. The number of amides is 2. The molecular formula is C14H25N3O3. The number of carbonyl (C=O) groups excluding carboxylic acids is 2. The summed E-state index contributed by atoms with van der Waals surface area (Å²) in [5.41, 5.74) is 0. The average molecular weight is 283 g/mol. The Morgan fingerprint density at radius 3 is 2.90 bits per heavy atom. The average Bonchev–Trinajstić information content (AvgIpc) is 2.83. The number of nitrogens with zero attached hydrogens (tertiary/aromatic N) is 1. The second-order valence-electron chi connectivity index (χ2n) is 5.67. The number of rotatable bonds is 6. The van der Waals surface area contributed by atoms with Gasteiger partial charge in [-0.15, -0.1) is 0 Å². The molecule has 0 aromatic carbocycles. The number of ether oxygens (including phenoxy) is 1. The predicted molar refractivity (Wildman–Crippen MR) is 75.3 cm³/mol. The summed E-state index contributed by atoms with van der Waals surface area (Å²) in [6, 6.07) is -0.0267. The van der Waals surface area contributed by atoms with Crippen LogP contribution in [0.2, 0.25) is 0 Å². The van der Waals surface area contributed by atoms with Gasteiger partial charge in [-0.3, -0.25) is 9.59 Å². The molecule has 0 saturated carbocycles. The second-order valence-corrected chi connectivity index (χ2v) is 5.67. The molecule has 2 N–H and O–H groups in total. The number of nitrogens with one attached hydrogen (secondary N) is 2. The van der Waals surface area contributed by atoms with Crippen molar-refractivity contribution < 1.29 is 14.3 Å². The lowest BCUT2D eigenvalue weighted by Gasteiger charge is -2.24. The molecular weight excluding hydrogens is 258 g/mol. The molecule has 0 aromatic rings. The highest BCUT2D eigenvalue weighted by Gasteiger charge is 2.22. The molecule has 1 unspecified atom stereocenters. The molecule has 2 amide bonds. The van der Waals surface area contributed by atoms with Crippen LogP contribution in [-0.2, 0) is 14.3 Å². The lowest BCUT2D eigenvalue weighted by atomic mass is 10.1. The summed E-state index contributed by atoms with van der Waals surface area (Å²) in [7, 11) is 0. The Labute approximate surface area is 120 Å². The monoisotopic (exact) mass is 283 g/mol. The van der Waals surface area contributed by atoms with Crippen molar-refractivity contribution in [3.05, 3.63) is 0 Å². The number of piperidine rings is 1. The maximum atomic E-state index is 11.8. The SMILES string of the molecule is CC(CN1CCCC1=O)NC(=O)COC1CCNCC1. The number of hydrogen-bond acceptors (Lipinski definition) is 4. The fourth-order valence-electron chi connectivity index (χ4n) is 2.75. The summed E-state index contributed by atoms with van der Waals surface area (Å²) in [6.07, 6.45) is 3.69. The van der Waals surface area contributed by atoms with Crippen molar-refractivity contribution in [2.75, 3.05) is 32.8 Å². The molecule has 2 fully saturated rings. The van der Waals surface area contributed by atoms with Crippen LogP contribution < -0.4 is 10.6 Å². The highest BCUT2D eigenvalue weighted by atomic mass is 16.5. The Hall–Kier alpha value is -1.14. The zero-order valence-electron chi connectivity index (χ0n) is 12.2. The van der Waals surface area contributed by atoms with Gasteiger partial charge in [-0.05, 0) is 39.3 Å². The van der Waals surface area contributed by atoms with Crippen molar-refractivity contribution >= 4 is 11.8 Å². The quantitative estimate of drug-likeness (QED) is 0.713. The summed E-state index contributed by atoms with van der Waals surface area (Å²) in [4.78, 5) is 25.1. The van der Waals surface area contributed by atoms with Crippen LogP contribution in [0.1, 0.15) is 32.6 Å². The maximum Gasteiger partial charge on any atom is 0.246 e. The fourth-order valence-corrected chi connectivity index (χ4v) is 2.75. The molecule has 20 heavy (non-hydrogen) atoms. The van der Waals surface area contributed by atoms with Crippen LogP contribution in [0, 0.1) is 0 Å². The van der Waals surface area contributed by atoms with Gasteiger partial charge in [0.2, 0.25) is 11.8 Å². The third kappa shape index (κ3) is 4.76. The minimum Gasteiger partial charge on any atom is -0.368 e. The van der Waals surface area contributed by atoms with E-state index in [1.165, 1.54) is 0 Å². The first-order valence-electron chi connectivity index (χ1n) is 7.54. The second kappa shape index (κ2) is 7.59. The molecule has 2 heterocycles. The molecule has 0 aliphatic carbocycles. The van der Waals surface area contributed by atoms with Gasteiger partial charge in [0, 0.05) is 25.6 Å². The fraction of sp³-hybridized carbons (Fsp3) is 0.857. The highest BCUT2D eigenvalue weighted by molar-refractivity contribution is 5.79. The van der Waals surface area contributed by atoms with Gasteiger partial charge in [-0.25, -0.2) is 0 Å². The lowest BCUT2D eigenvalue weighted by molar-refractivity contribution is -0.131. The predicted octanol–water partition coefficient (Wildman–Crippen LogP) is -0.118. The summed E-state index contributed by atoms with van der Waals surface area (Å²) >= 11 is 0. The number of hydrogen-bond donors (Lipinski definition) is 2. The first-order valence-corrected chi connectivity index (χ1v) is 7.54. The molecule has 0 spiro atoms. The molecule has 0 radical (unpaired) electrons. The molecule has 0 aromatic heterocycles. The zero-order valence-corrected chi connectivity index (χ0v) is 12.2. The van der Waals surface area contributed by atoms with E-state index in [0.29, 0.717) is 13.0 Å². The smallest absolute Gasteiger partial charge is 0.246 e. The molecule has 2 aliphatic rings. The van der Waals surface area contributed by atoms with E-state index >= 15 is 0 Å². The molecule has 0 bridgehead atoms. The Morgan fingerprint density at radius 2 is 2.25 bits per heavy atom. The third-order valence-corrected chi connectivity index (χ3v) is 3.81. The van der Waals surface area contributed by atoms with Crippen LogP contribution in [0.25, 0.3) is 0 Å². The van der Waals surface area contributed by atoms with E-state index in [-0.39, 0.29) is 30.6 Å². The third-order valence-electron chi connectivity index (χ3n) is 3.81. The Bertz CT molecular complexity index is 343. The topological polar surface area (TPSA) is 70.7 Å². The summed E-state index contributed by atoms with van der Waals surface area (Å²) in [5, 5.41) is 6.15. The van der Waals surface area contributed by atoms with Crippen LogP contribution in [0.3, 0.4) is 0 Å². The van der Waals surface area contributed by atoms with Crippen LogP contribution >= 0.6 is 0 Å². The first-order chi connectivity index (χ1) is 9.65. The van der Waals surface area contributed by atoms with Crippen molar-refractivity contribution in [2.24, 2.45) is 0 Å². The van der Waals surface area contributed by atoms with Gasteiger partial charge in [-0.1, -0.05) is 0 Å². The molecule has 6 nitrogen and oxygen atoms in total. The van der Waals surface area contributed by atoms with E-state index < -0.39 is 0 Å². The Balaban J connectivity index is 1.61. The van der Waals surface area contributed by atoms with Gasteiger partial charge >= 0.3 is 0 Å². The van der Waals surface area contributed by atoms with E-state index in [9.17, 15) is 9.59 Å². The van der Waals surface area contributed by atoms with Crippen molar-refractivity contribution in [2.45, 2.75) is 44.8 Å². The van der Waals surface area contributed by atoms with Crippen LogP contribution in [-0.4, -0.2) is 61.6 Å². The molecule has 2 saturated heterocycles. The largest absolute Gasteiger partial charge is 0.368 e. The van der Waals surface area contributed by atoms with Gasteiger partial charge in [0.05, 0.1) is 6.10 Å². The molecule has 6 heteroatoms. The first kappa shape index (κ1) is 15.3. The molecule has 114 valence electrons. The van der Waals surface area contributed by atoms with Gasteiger partial charge in [0.1, 0.15) is 6.61 Å². The Kier molecular flexibility index (Phi) is 5.79. The van der Waals surface area contributed by atoms with Crippen molar-refractivity contribution in [3.8, 4) is 0 Å². The van der Waals surface area contributed by atoms with E-state index in [2.05, 4.69) is 10.6 Å². The van der Waals surface area contributed by atoms with E-state index in [1.807, 2.05) is 11.8 Å². The van der Waals surface area contributed by atoms with Gasteiger partial charge < -0.3 is 20.3 Å². The summed E-state index contributed by atoms with van der Waals surface area (Å²) in [6.45, 7) is 5.36. The summed E-state index contributed by atoms with van der Waals surface area (Å²) in [5.74, 6) is 0.0970. The van der Waals surface area contributed by atoms with Crippen LogP contribution in [0.4, 0.5) is 0 Å². The van der Waals surface area contributed by atoms with Crippen LogP contribution in [0.5, 0.6) is 0 Å². The highest BCUT2D eigenvalue weighted by Crippen LogP contribution is 2.10. The molecule has 1 atom stereocenters. The Morgan fingerprint density at radius 1 is 1.50 bits per heavy atom. The van der Waals surface area contributed by atoms with Crippen molar-refractivity contribution in [1.29, 1.82) is 0 Å². The van der Waals surface area contributed by atoms with Crippen molar-refractivity contribution in [3.63, 3.8) is 0 Å². The normalized spacial score (nSPS) is 22.1. The maximum absolute atomic E-state index is 11.8. The summed E-state index contributed by atoms with van der Waals surface area (Å²) < 4.78 is 5.60. The zero-order chi connectivity index (χ0) is 14.4. The van der Waals surface area contributed by atoms with E-state index in [4.69, 9.17) is 4.74 Å². The van der Waals surface area contributed by atoms with Gasteiger partial charge in [0.15, 0.2) is 0 Å². The minimum absolute atomic E-state index is 0.0267. The standard InChI is InChI=1S/C14H25N3O3/c1-11(9-17-8-2-3-14(17)19)16-13(18)10-20-12-4-6-15-7-5-12/h11-12,15H,2-10H2,1H3,(H,16,18). The van der Waals surface area contributed by atoms with Crippen molar-refractivity contribution in [1.82, 2.24) is 15.5 Å². The number of likely N-dealkylation sites (tertiary alicyclic amines) is 1.